The second-order valence-electron chi connectivity index (χ2n) is 5.05. The number of aliphatic hydroxyl groups is 2. The zero-order valence-electron chi connectivity index (χ0n) is 10.3. The van der Waals surface area contributed by atoms with Crippen molar-refractivity contribution in [2.24, 2.45) is 0 Å². The minimum absolute atomic E-state index is 0.256. The van der Waals surface area contributed by atoms with Gasteiger partial charge in [-0.25, -0.2) is 0 Å². The van der Waals surface area contributed by atoms with Crippen molar-refractivity contribution in [3.8, 4) is 0 Å². The van der Waals surface area contributed by atoms with E-state index in [2.05, 4.69) is 6.58 Å². The van der Waals surface area contributed by atoms with Gasteiger partial charge < -0.3 is 24.4 Å². The van der Waals surface area contributed by atoms with Crippen molar-refractivity contribution >= 4 is 0 Å². The fourth-order valence-electron chi connectivity index (χ4n) is 2.47. The van der Waals surface area contributed by atoms with Crippen molar-refractivity contribution in [1.82, 2.24) is 0 Å². The zero-order valence-corrected chi connectivity index (χ0v) is 10.3. The lowest BCUT2D eigenvalue weighted by Gasteiger charge is -2.32. The number of ether oxygens (including phenoxy) is 3. The minimum Gasteiger partial charge on any atom is -0.394 e. The highest BCUT2D eigenvalue weighted by Crippen LogP contribution is 2.44. The molecule has 0 saturated carbocycles. The van der Waals surface area contributed by atoms with E-state index in [1.807, 2.05) is 0 Å². The lowest BCUT2D eigenvalue weighted by molar-refractivity contribution is -0.234. The van der Waals surface area contributed by atoms with Gasteiger partial charge in [0, 0.05) is 0 Å². The monoisotopic (exact) mass is 244 g/mol. The van der Waals surface area contributed by atoms with Gasteiger partial charge in [0.1, 0.15) is 17.8 Å². The Morgan fingerprint density at radius 1 is 1.35 bits per heavy atom. The molecular formula is C12H20O5. The summed E-state index contributed by atoms with van der Waals surface area (Å²) in [4.78, 5) is 0. The minimum atomic E-state index is -1.22. The Morgan fingerprint density at radius 3 is 2.65 bits per heavy atom. The first-order chi connectivity index (χ1) is 7.93. The first-order valence-corrected chi connectivity index (χ1v) is 5.88. The molecule has 4 atom stereocenters. The van der Waals surface area contributed by atoms with E-state index in [4.69, 9.17) is 14.2 Å². The molecule has 2 saturated heterocycles. The largest absolute Gasteiger partial charge is 0.394 e. The second-order valence-corrected chi connectivity index (χ2v) is 5.05. The van der Waals surface area contributed by atoms with Gasteiger partial charge >= 0.3 is 0 Å². The molecule has 2 N–H and O–H groups in total. The maximum atomic E-state index is 10.6. The molecule has 5 nitrogen and oxygen atoms in total. The van der Waals surface area contributed by atoms with Crippen LogP contribution in [0, 0.1) is 0 Å². The maximum Gasteiger partial charge on any atom is 0.190 e. The van der Waals surface area contributed by atoms with Crippen molar-refractivity contribution in [2.45, 2.75) is 56.6 Å². The van der Waals surface area contributed by atoms with Crippen LogP contribution in [0.3, 0.4) is 0 Å². The van der Waals surface area contributed by atoms with Crippen LogP contribution < -0.4 is 0 Å². The molecule has 2 rings (SSSR count). The SMILES string of the molecule is C=CCC[C@@]1(O)[C@@H](CO)O[C@@H]2OC(C)(C)O[C@@H]21. The van der Waals surface area contributed by atoms with E-state index in [9.17, 15) is 10.2 Å². The summed E-state index contributed by atoms with van der Waals surface area (Å²) in [5.74, 6) is -0.766. The average Bonchev–Trinajstić information content (AvgIpc) is 2.69. The van der Waals surface area contributed by atoms with E-state index in [1.54, 1.807) is 19.9 Å². The average molecular weight is 244 g/mol. The number of hydrogen-bond donors (Lipinski definition) is 2. The van der Waals surface area contributed by atoms with Gasteiger partial charge in [0.2, 0.25) is 0 Å². The zero-order chi connectivity index (χ0) is 12.7. The predicted octanol–water partition coefficient (Wildman–Crippen LogP) is 0.552. The summed E-state index contributed by atoms with van der Waals surface area (Å²) in [5.41, 5.74) is -1.22. The molecule has 5 heteroatoms. The van der Waals surface area contributed by atoms with Crippen LogP contribution in [0.25, 0.3) is 0 Å². The van der Waals surface area contributed by atoms with Crippen molar-refractivity contribution in [3.63, 3.8) is 0 Å². The molecule has 17 heavy (non-hydrogen) atoms. The summed E-state index contributed by atoms with van der Waals surface area (Å²) in [5, 5.41) is 19.9. The van der Waals surface area contributed by atoms with Gasteiger partial charge in [-0.15, -0.1) is 6.58 Å². The fraction of sp³-hybridized carbons (Fsp3) is 0.833. The lowest BCUT2D eigenvalue weighted by Crippen LogP contribution is -2.50. The van der Waals surface area contributed by atoms with Gasteiger partial charge in [0.25, 0.3) is 0 Å². The molecule has 98 valence electrons. The molecular weight excluding hydrogens is 224 g/mol. The number of rotatable bonds is 4. The highest BCUT2D eigenvalue weighted by Gasteiger charge is 2.62. The summed E-state index contributed by atoms with van der Waals surface area (Å²) < 4.78 is 16.7. The third kappa shape index (κ3) is 2.13. The summed E-state index contributed by atoms with van der Waals surface area (Å²) >= 11 is 0. The summed E-state index contributed by atoms with van der Waals surface area (Å²) in [6, 6.07) is 0. The number of allylic oxidation sites excluding steroid dienone is 1. The maximum absolute atomic E-state index is 10.6. The number of aliphatic hydroxyl groups excluding tert-OH is 1. The first kappa shape index (κ1) is 13.0. The Hall–Kier alpha value is -0.460. The predicted molar refractivity (Wildman–Crippen MR) is 60.2 cm³/mol. The Morgan fingerprint density at radius 2 is 2.06 bits per heavy atom. The molecule has 0 aromatic heterocycles. The molecule has 0 aliphatic carbocycles. The topological polar surface area (TPSA) is 68.2 Å². The van der Waals surface area contributed by atoms with Gasteiger partial charge in [-0.2, -0.15) is 0 Å². The summed E-state index contributed by atoms with van der Waals surface area (Å²) in [6.07, 6.45) is 0.937. The first-order valence-electron chi connectivity index (χ1n) is 5.88. The van der Waals surface area contributed by atoms with Crippen LogP contribution in [0.5, 0.6) is 0 Å². The van der Waals surface area contributed by atoms with Crippen molar-refractivity contribution in [1.29, 1.82) is 0 Å². The standard InChI is InChI=1S/C12H20O5/c1-4-5-6-12(14)8(7-13)15-10-9(12)16-11(2,3)17-10/h4,8-10,13-14H,1,5-7H2,2-3H3/t8-,9+,10-,12-/m1/s1. The molecule has 0 unspecified atom stereocenters. The van der Waals surface area contributed by atoms with Crippen molar-refractivity contribution in [3.05, 3.63) is 12.7 Å². The van der Waals surface area contributed by atoms with Crippen molar-refractivity contribution < 1.29 is 24.4 Å². The number of hydrogen-bond acceptors (Lipinski definition) is 5. The van der Waals surface area contributed by atoms with Gasteiger partial charge in [-0.3, -0.25) is 0 Å². The molecule has 0 spiro atoms. The fourth-order valence-corrected chi connectivity index (χ4v) is 2.47. The highest BCUT2D eigenvalue weighted by atomic mass is 16.8. The van der Waals surface area contributed by atoms with E-state index in [-0.39, 0.29) is 6.61 Å². The highest BCUT2D eigenvalue weighted by molar-refractivity contribution is 5.05. The van der Waals surface area contributed by atoms with Crippen LogP contribution in [-0.4, -0.2) is 46.7 Å². The van der Waals surface area contributed by atoms with Crippen LogP contribution in [0.1, 0.15) is 26.7 Å². The lowest BCUT2D eigenvalue weighted by atomic mass is 9.88. The Kier molecular flexibility index (Phi) is 3.31. The molecule has 0 bridgehead atoms. The normalized spacial score (nSPS) is 43.6. The van der Waals surface area contributed by atoms with Crippen LogP contribution in [0.15, 0.2) is 12.7 Å². The summed E-state index contributed by atoms with van der Waals surface area (Å²) in [7, 11) is 0. The van der Waals surface area contributed by atoms with E-state index >= 15 is 0 Å². The van der Waals surface area contributed by atoms with E-state index < -0.39 is 29.9 Å². The van der Waals surface area contributed by atoms with Crippen molar-refractivity contribution in [2.75, 3.05) is 6.61 Å². The molecule has 2 aliphatic heterocycles. The Labute approximate surface area is 101 Å². The van der Waals surface area contributed by atoms with Gasteiger partial charge in [0.15, 0.2) is 12.1 Å². The van der Waals surface area contributed by atoms with E-state index in [0.717, 1.165) is 0 Å². The van der Waals surface area contributed by atoms with Crippen LogP contribution in [0.4, 0.5) is 0 Å². The third-order valence-electron chi connectivity index (χ3n) is 3.32. The van der Waals surface area contributed by atoms with Gasteiger partial charge in [0.05, 0.1) is 6.61 Å². The Bertz CT molecular complexity index is 303. The summed E-state index contributed by atoms with van der Waals surface area (Å²) in [6.45, 7) is 6.92. The van der Waals surface area contributed by atoms with Gasteiger partial charge in [-0.05, 0) is 26.7 Å². The van der Waals surface area contributed by atoms with E-state index in [0.29, 0.717) is 12.8 Å². The molecule has 0 radical (unpaired) electrons. The smallest absolute Gasteiger partial charge is 0.190 e. The van der Waals surface area contributed by atoms with Crippen LogP contribution >= 0.6 is 0 Å². The quantitative estimate of drug-likeness (QED) is 0.707. The molecule has 2 aliphatic rings. The second kappa shape index (κ2) is 4.33. The third-order valence-corrected chi connectivity index (χ3v) is 3.32. The van der Waals surface area contributed by atoms with Gasteiger partial charge in [-0.1, -0.05) is 6.08 Å². The number of fused-ring (bicyclic) bond motifs is 1. The van der Waals surface area contributed by atoms with E-state index in [1.165, 1.54) is 0 Å². The molecule has 0 aromatic rings. The molecule has 2 fully saturated rings. The van der Waals surface area contributed by atoms with Crippen LogP contribution in [-0.2, 0) is 14.2 Å². The molecule has 0 amide bonds. The van der Waals surface area contributed by atoms with Crippen LogP contribution in [0.2, 0.25) is 0 Å². The molecule has 0 aromatic carbocycles. The Balaban J connectivity index is 2.18. The molecule has 2 heterocycles.